The molecule has 0 aliphatic carbocycles. The van der Waals surface area contributed by atoms with Gasteiger partial charge in [-0.05, 0) is 18.1 Å². The van der Waals surface area contributed by atoms with E-state index in [1.807, 2.05) is 67.6 Å². The second kappa shape index (κ2) is 5.37. The Kier molecular flexibility index (Phi) is 3.42. The van der Waals surface area contributed by atoms with E-state index in [9.17, 15) is 4.79 Å². The molecule has 0 aromatic heterocycles. The third kappa shape index (κ3) is 2.39. The van der Waals surface area contributed by atoms with Gasteiger partial charge in [0, 0.05) is 6.54 Å². The Balaban J connectivity index is 1.89. The fourth-order valence-corrected chi connectivity index (χ4v) is 2.70. The zero-order valence-electron chi connectivity index (χ0n) is 11.4. The zero-order valence-corrected chi connectivity index (χ0v) is 11.4. The number of carbonyl (C=O) groups is 1. The zero-order chi connectivity index (χ0) is 13.9. The lowest BCUT2D eigenvalue weighted by Crippen LogP contribution is -2.28. The molecule has 3 heteroatoms. The lowest BCUT2D eigenvalue weighted by molar-refractivity contribution is 0.136. The van der Waals surface area contributed by atoms with Gasteiger partial charge in [-0.2, -0.15) is 0 Å². The van der Waals surface area contributed by atoms with Crippen LogP contribution >= 0.6 is 0 Å². The second-order valence-corrected chi connectivity index (χ2v) is 5.06. The Labute approximate surface area is 118 Å². The topological polar surface area (TPSA) is 29.5 Å². The summed E-state index contributed by atoms with van der Waals surface area (Å²) in [6.45, 7) is 2.52. The summed E-state index contributed by atoms with van der Waals surface area (Å²) in [6.07, 6.45) is -0.371. The number of benzene rings is 2. The molecule has 0 N–H and O–H groups in total. The first kappa shape index (κ1) is 12.7. The standard InChI is InChI=1S/C17H17NO2/c1-13-16(15-10-6-3-7-11-15)18(17(19)20-13)12-14-8-4-2-5-9-14/h2-11,13,16H,12H2,1H3/t13-,16-/m1/s1. The summed E-state index contributed by atoms with van der Waals surface area (Å²) in [5.74, 6) is 0. The van der Waals surface area contributed by atoms with Gasteiger partial charge in [0.1, 0.15) is 6.10 Å². The van der Waals surface area contributed by atoms with Gasteiger partial charge in [-0.15, -0.1) is 0 Å². The second-order valence-electron chi connectivity index (χ2n) is 5.06. The SMILES string of the molecule is C[C@H]1OC(=O)N(Cc2ccccc2)[C@H]1c1ccccc1. The van der Waals surface area contributed by atoms with Crippen molar-refractivity contribution in [1.82, 2.24) is 4.90 Å². The van der Waals surface area contributed by atoms with E-state index in [0.29, 0.717) is 6.54 Å². The first-order valence-electron chi connectivity index (χ1n) is 6.82. The van der Waals surface area contributed by atoms with Crippen LogP contribution in [0.5, 0.6) is 0 Å². The number of hydrogen-bond donors (Lipinski definition) is 0. The summed E-state index contributed by atoms with van der Waals surface area (Å²) < 4.78 is 5.40. The summed E-state index contributed by atoms with van der Waals surface area (Å²) >= 11 is 0. The molecule has 0 spiro atoms. The molecule has 3 nitrogen and oxygen atoms in total. The maximum absolute atomic E-state index is 12.1. The molecular weight excluding hydrogens is 250 g/mol. The normalized spacial score (nSPS) is 21.9. The van der Waals surface area contributed by atoms with Gasteiger partial charge < -0.3 is 4.74 Å². The van der Waals surface area contributed by atoms with Crippen LogP contribution in [-0.2, 0) is 11.3 Å². The number of amides is 1. The molecule has 1 saturated heterocycles. The molecule has 0 bridgehead atoms. The van der Waals surface area contributed by atoms with Crippen LogP contribution in [0.25, 0.3) is 0 Å². The van der Waals surface area contributed by atoms with Crippen molar-refractivity contribution in [2.45, 2.75) is 25.6 Å². The summed E-state index contributed by atoms with van der Waals surface area (Å²) in [6, 6.07) is 20.0. The molecule has 2 atom stereocenters. The Hall–Kier alpha value is -2.29. The van der Waals surface area contributed by atoms with E-state index in [0.717, 1.165) is 11.1 Å². The number of ether oxygens (including phenoxy) is 1. The lowest BCUT2D eigenvalue weighted by atomic mass is 10.0. The number of hydrogen-bond acceptors (Lipinski definition) is 2. The van der Waals surface area contributed by atoms with Crippen LogP contribution in [0.15, 0.2) is 60.7 Å². The third-order valence-corrected chi connectivity index (χ3v) is 3.64. The highest BCUT2D eigenvalue weighted by Crippen LogP contribution is 2.34. The third-order valence-electron chi connectivity index (χ3n) is 3.64. The van der Waals surface area contributed by atoms with E-state index in [1.54, 1.807) is 4.90 Å². The molecule has 1 fully saturated rings. The van der Waals surface area contributed by atoms with Crippen molar-refractivity contribution in [2.24, 2.45) is 0 Å². The molecule has 0 unspecified atom stereocenters. The molecule has 102 valence electrons. The molecule has 0 saturated carbocycles. The number of carbonyl (C=O) groups excluding carboxylic acids is 1. The quantitative estimate of drug-likeness (QED) is 0.847. The van der Waals surface area contributed by atoms with Crippen LogP contribution < -0.4 is 0 Å². The lowest BCUT2D eigenvalue weighted by Gasteiger charge is -2.23. The molecule has 3 rings (SSSR count). The van der Waals surface area contributed by atoms with Gasteiger partial charge in [0.2, 0.25) is 0 Å². The molecule has 1 aliphatic heterocycles. The van der Waals surface area contributed by atoms with Gasteiger partial charge in [-0.3, -0.25) is 4.90 Å². The minimum atomic E-state index is -0.241. The number of nitrogens with zero attached hydrogens (tertiary/aromatic N) is 1. The fourth-order valence-electron chi connectivity index (χ4n) is 2.70. The van der Waals surface area contributed by atoms with Crippen LogP contribution in [0.1, 0.15) is 24.1 Å². The van der Waals surface area contributed by atoms with Gasteiger partial charge in [-0.25, -0.2) is 4.79 Å². The number of cyclic esters (lactones) is 1. The predicted molar refractivity (Wildman–Crippen MR) is 77.1 cm³/mol. The van der Waals surface area contributed by atoms with E-state index in [4.69, 9.17) is 4.74 Å². The van der Waals surface area contributed by atoms with Crippen molar-refractivity contribution in [2.75, 3.05) is 0 Å². The highest BCUT2D eigenvalue weighted by Gasteiger charge is 2.39. The van der Waals surface area contributed by atoms with Crippen molar-refractivity contribution >= 4 is 6.09 Å². The smallest absolute Gasteiger partial charge is 0.411 e. The monoisotopic (exact) mass is 267 g/mol. The minimum Gasteiger partial charge on any atom is -0.444 e. The highest BCUT2D eigenvalue weighted by molar-refractivity contribution is 5.71. The molecule has 0 radical (unpaired) electrons. The van der Waals surface area contributed by atoms with Crippen LogP contribution in [0.4, 0.5) is 4.79 Å². The first-order valence-corrected chi connectivity index (χ1v) is 6.82. The predicted octanol–water partition coefficient (Wildman–Crippen LogP) is 3.77. The molecule has 1 heterocycles. The summed E-state index contributed by atoms with van der Waals surface area (Å²) in [5.41, 5.74) is 2.22. The Morgan fingerprint density at radius 1 is 1.00 bits per heavy atom. The molecule has 1 aliphatic rings. The van der Waals surface area contributed by atoms with Gasteiger partial charge in [0.15, 0.2) is 0 Å². The van der Waals surface area contributed by atoms with Gasteiger partial charge >= 0.3 is 6.09 Å². The molecule has 2 aromatic carbocycles. The van der Waals surface area contributed by atoms with Gasteiger partial charge in [-0.1, -0.05) is 60.7 Å². The summed E-state index contributed by atoms with van der Waals surface area (Å²) in [7, 11) is 0. The van der Waals surface area contributed by atoms with Crippen LogP contribution in [-0.4, -0.2) is 17.1 Å². The Morgan fingerprint density at radius 2 is 1.60 bits per heavy atom. The van der Waals surface area contributed by atoms with Gasteiger partial charge in [0.25, 0.3) is 0 Å². The molecule has 1 amide bonds. The minimum absolute atomic E-state index is 0.0242. The highest BCUT2D eigenvalue weighted by atomic mass is 16.6. The summed E-state index contributed by atoms with van der Waals surface area (Å²) in [4.78, 5) is 13.9. The van der Waals surface area contributed by atoms with Crippen molar-refractivity contribution in [3.63, 3.8) is 0 Å². The van der Waals surface area contributed by atoms with E-state index < -0.39 is 0 Å². The molecule has 20 heavy (non-hydrogen) atoms. The van der Waals surface area contributed by atoms with Crippen LogP contribution in [0.3, 0.4) is 0 Å². The first-order chi connectivity index (χ1) is 9.75. The molecular formula is C17H17NO2. The molecule has 2 aromatic rings. The van der Waals surface area contributed by atoms with Crippen molar-refractivity contribution in [1.29, 1.82) is 0 Å². The maximum atomic E-state index is 12.1. The fraction of sp³-hybridized carbons (Fsp3) is 0.235. The van der Waals surface area contributed by atoms with E-state index in [-0.39, 0.29) is 18.2 Å². The van der Waals surface area contributed by atoms with Crippen molar-refractivity contribution in [3.8, 4) is 0 Å². The average molecular weight is 267 g/mol. The van der Waals surface area contributed by atoms with E-state index in [1.165, 1.54) is 0 Å². The van der Waals surface area contributed by atoms with Crippen molar-refractivity contribution < 1.29 is 9.53 Å². The average Bonchev–Trinajstić information content (AvgIpc) is 2.75. The number of rotatable bonds is 3. The summed E-state index contributed by atoms with van der Waals surface area (Å²) in [5, 5.41) is 0. The Morgan fingerprint density at radius 3 is 2.25 bits per heavy atom. The van der Waals surface area contributed by atoms with Gasteiger partial charge in [0.05, 0.1) is 6.04 Å². The van der Waals surface area contributed by atoms with Crippen LogP contribution in [0, 0.1) is 0 Å². The van der Waals surface area contributed by atoms with E-state index in [2.05, 4.69) is 0 Å². The van der Waals surface area contributed by atoms with E-state index >= 15 is 0 Å². The Bertz CT molecular complexity index is 582. The van der Waals surface area contributed by atoms with Crippen LogP contribution in [0.2, 0.25) is 0 Å². The largest absolute Gasteiger partial charge is 0.444 e. The van der Waals surface area contributed by atoms with Crippen molar-refractivity contribution in [3.05, 3.63) is 71.8 Å². The maximum Gasteiger partial charge on any atom is 0.411 e.